The SMILES string of the molecule is FC(F)(F)c1c(-c2ccc3ccc4c(c3c2)CCC2=C4C=CCC2)cnn1-c1ccccc1.c1ccc2nnccc2c1. The second-order valence-electron chi connectivity index (χ2n) is 10.7. The van der Waals surface area contributed by atoms with Gasteiger partial charge in [-0.25, -0.2) is 4.68 Å². The average molecular weight is 573 g/mol. The van der Waals surface area contributed by atoms with Crippen molar-refractivity contribution in [3.8, 4) is 16.8 Å². The van der Waals surface area contributed by atoms with Crippen LogP contribution in [0.15, 0.2) is 121 Å². The summed E-state index contributed by atoms with van der Waals surface area (Å²) in [4.78, 5) is 0. The minimum atomic E-state index is -4.54. The number of benzene rings is 4. The number of allylic oxidation sites excluding steroid dienone is 4. The molecule has 2 aliphatic carbocycles. The molecule has 8 rings (SSSR count). The predicted molar refractivity (Wildman–Crippen MR) is 165 cm³/mol. The first-order valence-electron chi connectivity index (χ1n) is 14.3. The number of alkyl halides is 3. The second-order valence-corrected chi connectivity index (χ2v) is 10.7. The smallest absolute Gasteiger partial charge is 0.228 e. The zero-order chi connectivity index (χ0) is 29.4. The Labute approximate surface area is 246 Å². The van der Waals surface area contributed by atoms with Gasteiger partial charge in [0, 0.05) is 10.9 Å². The third kappa shape index (κ3) is 5.12. The Morgan fingerprint density at radius 1 is 0.744 bits per heavy atom. The molecule has 0 atom stereocenters. The van der Waals surface area contributed by atoms with Crippen LogP contribution in [0.25, 0.3) is 44.1 Å². The quantitative estimate of drug-likeness (QED) is 0.208. The Morgan fingerprint density at radius 2 is 1.56 bits per heavy atom. The lowest BCUT2D eigenvalue weighted by atomic mass is 9.79. The van der Waals surface area contributed by atoms with Gasteiger partial charge in [-0.1, -0.05) is 78.4 Å². The van der Waals surface area contributed by atoms with Crippen LogP contribution in [-0.4, -0.2) is 20.0 Å². The first kappa shape index (κ1) is 26.8. The Kier molecular flexibility index (Phi) is 6.86. The fraction of sp³-hybridized carbons (Fsp3) is 0.139. The Balaban J connectivity index is 0.000000253. The zero-order valence-electron chi connectivity index (χ0n) is 23.2. The highest BCUT2D eigenvalue weighted by molar-refractivity contribution is 5.96. The van der Waals surface area contributed by atoms with E-state index in [4.69, 9.17) is 0 Å². The molecule has 0 amide bonds. The third-order valence-corrected chi connectivity index (χ3v) is 8.15. The van der Waals surface area contributed by atoms with E-state index in [2.05, 4.69) is 39.6 Å². The average Bonchev–Trinajstić information content (AvgIpc) is 3.51. The number of nitrogens with zero attached hydrogens (tertiary/aromatic N) is 4. The molecule has 43 heavy (non-hydrogen) atoms. The molecule has 0 saturated heterocycles. The maximum absolute atomic E-state index is 14.2. The Hall–Kier alpha value is -5.04. The van der Waals surface area contributed by atoms with Gasteiger partial charge in [-0.05, 0) is 89.1 Å². The van der Waals surface area contributed by atoms with E-state index in [0.717, 1.165) is 52.0 Å². The number of hydrogen-bond acceptors (Lipinski definition) is 3. The molecule has 0 aliphatic heterocycles. The summed E-state index contributed by atoms with van der Waals surface area (Å²) in [6.45, 7) is 0. The van der Waals surface area contributed by atoms with E-state index in [9.17, 15) is 13.2 Å². The highest BCUT2D eigenvalue weighted by Crippen LogP contribution is 2.42. The lowest BCUT2D eigenvalue weighted by Crippen LogP contribution is -2.14. The highest BCUT2D eigenvalue weighted by Gasteiger charge is 2.39. The summed E-state index contributed by atoms with van der Waals surface area (Å²) in [5.74, 6) is 0. The molecule has 0 saturated carbocycles. The second kappa shape index (κ2) is 11.0. The summed E-state index contributed by atoms with van der Waals surface area (Å²) in [6.07, 6.45) is 7.00. The van der Waals surface area contributed by atoms with Gasteiger partial charge in [0.2, 0.25) is 0 Å². The minimum Gasteiger partial charge on any atom is -0.228 e. The third-order valence-electron chi connectivity index (χ3n) is 8.15. The van der Waals surface area contributed by atoms with Crippen molar-refractivity contribution >= 4 is 27.2 Å². The molecular weight excluding hydrogens is 545 g/mol. The molecular formula is C36H27F3N4. The van der Waals surface area contributed by atoms with Crippen molar-refractivity contribution in [2.24, 2.45) is 0 Å². The number of para-hydroxylation sites is 1. The molecule has 2 heterocycles. The van der Waals surface area contributed by atoms with E-state index in [1.54, 1.807) is 42.6 Å². The number of rotatable bonds is 2. The van der Waals surface area contributed by atoms with Crippen molar-refractivity contribution in [3.05, 3.63) is 138 Å². The summed E-state index contributed by atoms with van der Waals surface area (Å²) >= 11 is 0. The summed E-state index contributed by atoms with van der Waals surface area (Å²) in [6, 6.07) is 28.2. The molecule has 212 valence electrons. The molecule has 0 unspecified atom stereocenters. The molecule has 0 fully saturated rings. The fourth-order valence-electron chi connectivity index (χ4n) is 6.12. The van der Waals surface area contributed by atoms with Crippen LogP contribution in [0, 0.1) is 0 Å². The van der Waals surface area contributed by atoms with Gasteiger partial charge in [-0.2, -0.15) is 28.5 Å². The molecule has 6 aromatic rings. The molecule has 0 radical (unpaired) electrons. The van der Waals surface area contributed by atoms with Crippen molar-refractivity contribution < 1.29 is 13.2 Å². The lowest BCUT2D eigenvalue weighted by molar-refractivity contribution is -0.142. The molecule has 0 spiro atoms. The van der Waals surface area contributed by atoms with E-state index >= 15 is 0 Å². The van der Waals surface area contributed by atoms with Gasteiger partial charge in [0.15, 0.2) is 5.69 Å². The first-order valence-corrected chi connectivity index (χ1v) is 14.3. The first-order chi connectivity index (χ1) is 21.0. The van der Waals surface area contributed by atoms with E-state index in [0.29, 0.717) is 11.3 Å². The summed E-state index contributed by atoms with van der Waals surface area (Å²) < 4.78 is 43.6. The number of aryl methyl sites for hydroxylation is 1. The summed E-state index contributed by atoms with van der Waals surface area (Å²) in [7, 11) is 0. The van der Waals surface area contributed by atoms with Gasteiger partial charge >= 0.3 is 6.18 Å². The lowest BCUT2D eigenvalue weighted by Gasteiger charge is -2.25. The Morgan fingerprint density at radius 3 is 2.40 bits per heavy atom. The highest BCUT2D eigenvalue weighted by atomic mass is 19.4. The van der Waals surface area contributed by atoms with Gasteiger partial charge in [0.05, 0.1) is 23.6 Å². The van der Waals surface area contributed by atoms with Crippen molar-refractivity contribution in [2.75, 3.05) is 0 Å². The van der Waals surface area contributed by atoms with Crippen LogP contribution in [0.1, 0.15) is 36.1 Å². The van der Waals surface area contributed by atoms with Gasteiger partial charge in [0.1, 0.15) is 0 Å². The van der Waals surface area contributed by atoms with E-state index in [1.165, 1.54) is 28.5 Å². The molecule has 2 aliphatic rings. The maximum atomic E-state index is 14.2. The normalized spacial score (nSPS) is 14.3. The number of hydrogen-bond donors (Lipinski definition) is 0. The summed E-state index contributed by atoms with van der Waals surface area (Å²) in [5, 5.41) is 15.0. The molecule has 7 heteroatoms. The largest absolute Gasteiger partial charge is 0.434 e. The van der Waals surface area contributed by atoms with Crippen molar-refractivity contribution in [3.63, 3.8) is 0 Å². The maximum Gasteiger partial charge on any atom is 0.434 e. The van der Waals surface area contributed by atoms with Crippen molar-refractivity contribution in [1.82, 2.24) is 20.0 Å². The molecule has 4 nitrogen and oxygen atoms in total. The van der Waals surface area contributed by atoms with Crippen molar-refractivity contribution in [2.45, 2.75) is 31.9 Å². The zero-order valence-corrected chi connectivity index (χ0v) is 23.2. The monoisotopic (exact) mass is 572 g/mol. The van der Waals surface area contributed by atoms with Gasteiger partial charge < -0.3 is 0 Å². The fourth-order valence-corrected chi connectivity index (χ4v) is 6.12. The molecule has 0 bridgehead atoms. The topological polar surface area (TPSA) is 43.6 Å². The number of halogens is 3. The summed E-state index contributed by atoms with van der Waals surface area (Å²) in [5.41, 5.74) is 6.44. The van der Waals surface area contributed by atoms with Gasteiger partial charge in [0.25, 0.3) is 0 Å². The van der Waals surface area contributed by atoms with Crippen LogP contribution in [-0.2, 0) is 12.6 Å². The Bertz CT molecular complexity index is 1950. The van der Waals surface area contributed by atoms with E-state index in [-0.39, 0.29) is 5.56 Å². The predicted octanol–water partition coefficient (Wildman–Crippen LogP) is 9.39. The van der Waals surface area contributed by atoms with E-state index < -0.39 is 11.9 Å². The van der Waals surface area contributed by atoms with Crippen LogP contribution in [0.4, 0.5) is 13.2 Å². The van der Waals surface area contributed by atoms with Crippen LogP contribution in [0.5, 0.6) is 0 Å². The number of aromatic nitrogens is 4. The van der Waals surface area contributed by atoms with Crippen LogP contribution >= 0.6 is 0 Å². The standard InChI is InChI=1S/C28H21F3N2.C8H6N2/c29-28(30,31)27-26(17-32-33(27)21-7-2-1-3-8-21)20-11-10-19-13-14-23-22-9-5-4-6-18(22)12-15-24(23)25(19)16-20;1-2-4-8-7(3-1)5-6-9-10-8/h1-3,5,7-11,13-14,16-17H,4,6,12,15H2;1-6H. The molecule has 2 aromatic heterocycles. The van der Waals surface area contributed by atoms with Crippen LogP contribution < -0.4 is 0 Å². The van der Waals surface area contributed by atoms with Crippen LogP contribution in [0.3, 0.4) is 0 Å². The van der Waals surface area contributed by atoms with Crippen molar-refractivity contribution in [1.29, 1.82) is 0 Å². The molecule has 0 N–H and O–H groups in total. The molecule has 4 aromatic carbocycles. The number of fused-ring (bicyclic) bond motifs is 5. The van der Waals surface area contributed by atoms with E-state index in [1.807, 2.05) is 42.5 Å². The van der Waals surface area contributed by atoms with Gasteiger partial charge in [-0.15, -0.1) is 0 Å². The van der Waals surface area contributed by atoms with Crippen LogP contribution in [0.2, 0.25) is 0 Å². The minimum absolute atomic E-state index is 0.0964. The van der Waals surface area contributed by atoms with Gasteiger partial charge in [-0.3, -0.25) is 0 Å².